The van der Waals surface area contributed by atoms with Gasteiger partial charge in [-0.3, -0.25) is 0 Å². The van der Waals surface area contributed by atoms with Crippen molar-refractivity contribution in [3.63, 3.8) is 0 Å². The monoisotopic (exact) mass is 330 g/mol. The Morgan fingerprint density at radius 1 is 1.33 bits per heavy atom. The summed E-state index contributed by atoms with van der Waals surface area (Å²) in [7, 11) is 0. The minimum absolute atomic E-state index is 1.02. The summed E-state index contributed by atoms with van der Waals surface area (Å²) in [6.07, 6.45) is 2.02. The molecule has 0 radical (unpaired) electrons. The summed E-state index contributed by atoms with van der Waals surface area (Å²) in [5.41, 5.74) is 2.12. The van der Waals surface area contributed by atoms with Gasteiger partial charge in [0.1, 0.15) is 0 Å². The van der Waals surface area contributed by atoms with Crippen LogP contribution in [0.15, 0.2) is 28.8 Å². The van der Waals surface area contributed by atoms with Gasteiger partial charge in [0.15, 0.2) is 0 Å². The third-order valence-corrected chi connectivity index (χ3v) is 2.17. The fourth-order valence-corrected chi connectivity index (χ4v) is 1.60. The number of aromatic nitrogens is 2. The SMILES string of the molecule is [Re]/[CH]=C/c1n[nH]c2ccccc12. The van der Waals surface area contributed by atoms with E-state index in [0.717, 1.165) is 11.2 Å². The molecular formula is C9H7N2Re. The number of hydrogen-bond donors (Lipinski definition) is 1. The molecule has 1 aromatic carbocycles. The molecule has 0 aliphatic carbocycles. The van der Waals surface area contributed by atoms with Crippen LogP contribution in [0.1, 0.15) is 5.69 Å². The molecule has 60 valence electrons. The van der Waals surface area contributed by atoms with Crippen molar-refractivity contribution in [3.05, 3.63) is 34.5 Å². The minimum atomic E-state index is 1.02. The summed E-state index contributed by atoms with van der Waals surface area (Å²) in [4.78, 5) is 0. The van der Waals surface area contributed by atoms with Gasteiger partial charge in [0.05, 0.1) is 0 Å². The van der Waals surface area contributed by atoms with Crippen molar-refractivity contribution in [1.29, 1.82) is 0 Å². The average molecular weight is 329 g/mol. The van der Waals surface area contributed by atoms with E-state index in [1.54, 1.807) is 19.2 Å². The van der Waals surface area contributed by atoms with Crippen LogP contribution < -0.4 is 0 Å². The number of para-hydroxylation sites is 1. The van der Waals surface area contributed by atoms with Crippen LogP contribution in [0.4, 0.5) is 0 Å². The molecule has 0 amide bonds. The molecule has 3 heteroatoms. The Morgan fingerprint density at radius 3 is 3.00 bits per heavy atom. The molecule has 1 heterocycles. The van der Waals surface area contributed by atoms with Crippen molar-refractivity contribution in [1.82, 2.24) is 10.2 Å². The molecule has 1 aromatic heterocycles. The van der Waals surface area contributed by atoms with Gasteiger partial charge in [-0.15, -0.1) is 0 Å². The van der Waals surface area contributed by atoms with E-state index in [4.69, 9.17) is 0 Å². The van der Waals surface area contributed by atoms with E-state index in [-0.39, 0.29) is 0 Å². The summed E-state index contributed by atoms with van der Waals surface area (Å²) in [5.74, 6) is 0. The quantitative estimate of drug-likeness (QED) is 0.853. The Morgan fingerprint density at radius 2 is 2.17 bits per heavy atom. The number of rotatable bonds is 1. The Hall–Kier alpha value is -0.908. The maximum atomic E-state index is 4.18. The number of aromatic amines is 1. The van der Waals surface area contributed by atoms with Crippen LogP contribution >= 0.6 is 0 Å². The Balaban J connectivity index is 2.70. The molecule has 0 fully saturated rings. The van der Waals surface area contributed by atoms with Gasteiger partial charge in [0.2, 0.25) is 0 Å². The van der Waals surface area contributed by atoms with Crippen LogP contribution in [0.25, 0.3) is 17.0 Å². The van der Waals surface area contributed by atoms with Crippen molar-refractivity contribution in [3.8, 4) is 0 Å². The number of fused-ring (bicyclic) bond motifs is 1. The van der Waals surface area contributed by atoms with Crippen molar-refractivity contribution >= 4 is 17.0 Å². The van der Waals surface area contributed by atoms with Crippen LogP contribution in [0.5, 0.6) is 0 Å². The molecule has 0 aliphatic rings. The number of nitrogens with zero attached hydrogens (tertiary/aromatic N) is 1. The summed E-state index contributed by atoms with van der Waals surface area (Å²) >= 11 is 1.62. The zero-order valence-electron chi connectivity index (χ0n) is 6.29. The second kappa shape index (κ2) is 3.22. The molecule has 2 rings (SSSR count). The number of hydrogen-bond acceptors (Lipinski definition) is 1. The second-order valence-electron chi connectivity index (χ2n) is 2.45. The zero-order valence-corrected chi connectivity index (χ0v) is 9.01. The first kappa shape index (κ1) is 7.73. The summed E-state index contributed by atoms with van der Waals surface area (Å²) < 4.78 is 2.04. The third-order valence-electron chi connectivity index (χ3n) is 1.72. The van der Waals surface area contributed by atoms with E-state index in [1.165, 1.54) is 5.39 Å². The van der Waals surface area contributed by atoms with Crippen LogP contribution in [0.2, 0.25) is 0 Å². The van der Waals surface area contributed by atoms with Gasteiger partial charge in [-0.25, -0.2) is 0 Å². The number of H-pyrrole nitrogens is 1. The summed E-state index contributed by atoms with van der Waals surface area (Å²) in [6, 6.07) is 8.12. The van der Waals surface area contributed by atoms with Gasteiger partial charge in [0.25, 0.3) is 0 Å². The van der Waals surface area contributed by atoms with Crippen molar-refractivity contribution in [2.24, 2.45) is 0 Å². The average Bonchev–Trinajstić information content (AvgIpc) is 2.50. The van der Waals surface area contributed by atoms with E-state index < -0.39 is 0 Å². The Labute approximate surface area is 81.1 Å². The van der Waals surface area contributed by atoms with Gasteiger partial charge in [-0.05, 0) is 0 Å². The molecule has 0 saturated carbocycles. The Kier molecular flexibility index (Phi) is 2.07. The standard InChI is InChI=1S/C9H7N2.Re/c1-2-8-7-5-3-4-6-9(7)11-10-8;/h1-6H,(H,10,11);. The second-order valence-corrected chi connectivity index (χ2v) is 3.35. The molecule has 2 nitrogen and oxygen atoms in total. The molecule has 0 aliphatic heterocycles. The van der Waals surface area contributed by atoms with Crippen LogP contribution in [-0.4, -0.2) is 10.2 Å². The molecular weight excluding hydrogens is 322 g/mol. The Bertz CT molecular complexity index is 417. The fourth-order valence-electron chi connectivity index (χ4n) is 1.17. The van der Waals surface area contributed by atoms with Crippen LogP contribution in [-0.2, 0) is 19.2 Å². The van der Waals surface area contributed by atoms with E-state index in [9.17, 15) is 0 Å². The predicted molar refractivity (Wildman–Crippen MR) is 45.1 cm³/mol. The maximum absolute atomic E-state index is 4.18. The van der Waals surface area contributed by atoms with Crippen molar-refractivity contribution in [2.45, 2.75) is 0 Å². The van der Waals surface area contributed by atoms with E-state index in [1.807, 2.05) is 28.8 Å². The fraction of sp³-hybridized carbons (Fsp3) is 0. The number of nitrogens with one attached hydrogen (secondary N) is 1. The topological polar surface area (TPSA) is 28.7 Å². The van der Waals surface area contributed by atoms with E-state index in [0.29, 0.717) is 0 Å². The van der Waals surface area contributed by atoms with Gasteiger partial charge in [-0.1, -0.05) is 0 Å². The molecule has 0 bridgehead atoms. The number of benzene rings is 1. The molecule has 12 heavy (non-hydrogen) atoms. The van der Waals surface area contributed by atoms with Crippen LogP contribution in [0.3, 0.4) is 0 Å². The zero-order chi connectivity index (χ0) is 8.39. The summed E-state index contributed by atoms with van der Waals surface area (Å²) in [6.45, 7) is 0. The van der Waals surface area contributed by atoms with Crippen molar-refractivity contribution < 1.29 is 19.2 Å². The molecule has 1 N–H and O–H groups in total. The molecule has 2 aromatic rings. The first-order chi connectivity index (χ1) is 5.92. The molecule has 0 atom stereocenters. The van der Waals surface area contributed by atoms with Crippen LogP contribution in [0, 0.1) is 0 Å². The van der Waals surface area contributed by atoms with Crippen molar-refractivity contribution in [2.75, 3.05) is 0 Å². The molecule has 0 spiro atoms. The van der Waals surface area contributed by atoms with Gasteiger partial charge >= 0.3 is 80.9 Å². The third kappa shape index (κ3) is 1.22. The summed E-state index contributed by atoms with van der Waals surface area (Å²) in [5, 5.41) is 8.35. The molecule has 0 unspecified atom stereocenters. The van der Waals surface area contributed by atoms with E-state index >= 15 is 0 Å². The normalized spacial score (nSPS) is 11.4. The van der Waals surface area contributed by atoms with Gasteiger partial charge < -0.3 is 0 Å². The van der Waals surface area contributed by atoms with E-state index in [2.05, 4.69) is 16.3 Å². The predicted octanol–water partition coefficient (Wildman–Crippen LogP) is 2.08. The van der Waals surface area contributed by atoms with Gasteiger partial charge in [-0.2, -0.15) is 0 Å². The first-order valence-electron chi connectivity index (χ1n) is 3.61. The van der Waals surface area contributed by atoms with Gasteiger partial charge in [0, 0.05) is 0 Å². The molecule has 0 saturated heterocycles. The first-order valence-corrected chi connectivity index (χ1v) is 5.18.